The zero-order valence-electron chi connectivity index (χ0n) is 10.8. The Morgan fingerprint density at radius 3 is 2.32 bits per heavy atom. The number of nitrogens with one attached hydrogen (secondary N) is 2. The van der Waals surface area contributed by atoms with Crippen LogP contribution in [0.25, 0.3) is 0 Å². The second kappa shape index (κ2) is 4.89. The maximum atomic E-state index is 11.8. The van der Waals surface area contributed by atoms with Crippen molar-refractivity contribution in [3.05, 3.63) is 29.8 Å². The standard InChI is InChI=1S/C13H18N4O2/c1-8(16-11(18)13(15)6-7-13)9-2-4-10(5-3-9)17-12(14)19/h2-5,8H,6-7,15H2,1H3,(H,16,18)(H3,14,17,19). The Morgan fingerprint density at radius 2 is 1.84 bits per heavy atom. The summed E-state index contributed by atoms with van der Waals surface area (Å²) in [4.78, 5) is 22.5. The van der Waals surface area contributed by atoms with Crippen LogP contribution in [0.1, 0.15) is 31.4 Å². The molecule has 0 radical (unpaired) electrons. The summed E-state index contributed by atoms with van der Waals surface area (Å²) in [7, 11) is 0. The Kier molecular flexibility index (Phi) is 3.44. The van der Waals surface area contributed by atoms with Crippen LogP contribution in [0.15, 0.2) is 24.3 Å². The molecule has 19 heavy (non-hydrogen) atoms. The van der Waals surface area contributed by atoms with Gasteiger partial charge in [-0.1, -0.05) is 12.1 Å². The summed E-state index contributed by atoms with van der Waals surface area (Å²) in [5, 5.41) is 5.36. The van der Waals surface area contributed by atoms with Crippen molar-refractivity contribution in [1.29, 1.82) is 0 Å². The predicted molar refractivity (Wildman–Crippen MR) is 72.4 cm³/mol. The largest absolute Gasteiger partial charge is 0.351 e. The number of carbonyl (C=O) groups excluding carboxylic acids is 2. The predicted octanol–water partition coefficient (Wildman–Crippen LogP) is 0.846. The zero-order chi connectivity index (χ0) is 14.0. The van der Waals surface area contributed by atoms with E-state index in [1.54, 1.807) is 12.1 Å². The molecule has 1 aliphatic carbocycles. The summed E-state index contributed by atoms with van der Waals surface area (Å²) in [5.74, 6) is -0.112. The van der Waals surface area contributed by atoms with E-state index in [2.05, 4.69) is 10.6 Å². The minimum Gasteiger partial charge on any atom is -0.351 e. The maximum absolute atomic E-state index is 11.8. The van der Waals surface area contributed by atoms with Crippen LogP contribution in [0.4, 0.5) is 10.5 Å². The molecule has 0 saturated heterocycles. The second-order valence-corrected chi connectivity index (χ2v) is 4.96. The van der Waals surface area contributed by atoms with Crippen molar-refractivity contribution in [3.63, 3.8) is 0 Å². The summed E-state index contributed by atoms with van der Waals surface area (Å²) in [6.07, 6.45) is 1.49. The first kappa shape index (κ1) is 13.4. The van der Waals surface area contributed by atoms with E-state index in [9.17, 15) is 9.59 Å². The van der Waals surface area contributed by atoms with Crippen LogP contribution in [-0.2, 0) is 4.79 Å². The molecule has 0 spiro atoms. The van der Waals surface area contributed by atoms with E-state index in [0.717, 1.165) is 18.4 Å². The van der Waals surface area contributed by atoms with Crippen LogP contribution in [0.2, 0.25) is 0 Å². The van der Waals surface area contributed by atoms with Crippen LogP contribution >= 0.6 is 0 Å². The van der Waals surface area contributed by atoms with Gasteiger partial charge in [0.05, 0.1) is 11.6 Å². The fraction of sp³-hybridized carbons (Fsp3) is 0.385. The number of primary amides is 1. The molecule has 1 saturated carbocycles. The number of hydrogen-bond donors (Lipinski definition) is 4. The second-order valence-electron chi connectivity index (χ2n) is 4.96. The summed E-state index contributed by atoms with van der Waals surface area (Å²) in [5.41, 5.74) is 11.7. The molecule has 6 nitrogen and oxygen atoms in total. The van der Waals surface area contributed by atoms with Gasteiger partial charge in [-0.15, -0.1) is 0 Å². The van der Waals surface area contributed by atoms with Gasteiger partial charge in [-0.05, 0) is 37.5 Å². The average molecular weight is 262 g/mol. The van der Waals surface area contributed by atoms with Gasteiger partial charge in [0.2, 0.25) is 5.91 Å². The highest BCUT2D eigenvalue weighted by Crippen LogP contribution is 2.32. The third-order valence-electron chi connectivity index (χ3n) is 3.27. The maximum Gasteiger partial charge on any atom is 0.316 e. The first-order chi connectivity index (χ1) is 8.90. The Balaban J connectivity index is 1.97. The molecule has 1 atom stereocenters. The van der Waals surface area contributed by atoms with Crippen molar-refractivity contribution in [2.24, 2.45) is 11.5 Å². The lowest BCUT2D eigenvalue weighted by atomic mass is 10.1. The first-order valence-corrected chi connectivity index (χ1v) is 6.17. The van der Waals surface area contributed by atoms with Crippen molar-refractivity contribution in [3.8, 4) is 0 Å². The van der Waals surface area contributed by atoms with Crippen molar-refractivity contribution in [2.45, 2.75) is 31.3 Å². The van der Waals surface area contributed by atoms with Crippen LogP contribution in [-0.4, -0.2) is 17.5 Å². The summed E-state index contributed by atoms with van der Waals surface area (Å²) < 4.78 is 0. The Labute approximate surface area is 111 Å². The van der Waals surface area contributed by atoms with Gasteiger partial charge >= 0.3 is 6.03 Å². The quantitative estimate of drug-likeness (QED) is 0.645. The molecule has 6 heteroatoms. The molecule has 0 heterocycles. The van der Waals surface area contributed by atoms with Crippen molar-refractivity contribution in [1.82, 2.24) is 5.32 Å². The lowest BCUT2D eigenvalue weighted by Crippen LogP contribution is -2.43. The summed E-state index contributed by atoms with van der Waals surface area (Å²) in [6.45, 7) is 1.89. The van der Waals surface area contributed by atoms with Gasteiger partial charge in [0.25, 0.3) is 0 Å². The molecule has 102 valence electrons. The average Bonchev–Trinajstić information content (AvgIpc) is 3.09. The van der Waals surface area contributed by atoms with Crippen LogP contribution in [0, 0.1) is 0 Å². The van der Waals surface area contributed by atoms with Gasteiger partial charge in [-0.3, -0.25) is 4.79 Å². The van der Waals surface area contributed by atoms with Crippen LogP contribution in [0.5, 0.6) is 0 Å². The molecule has 0 aliphatic heterocycles. The zero-order valence-corrected chi connectivity index (χ0v) is 10.8. The summed E-state index contributed by atoms with van der Waals surface area (Å²) >= 11 is 0. The third kappa shape index (κ3) is 3.23. The molecule has 3 amide bonds. The Morgan fingerprint density at radius 1 is 1.26 bits per heavy atom. The van der Waals surface area contributed by atoms with E-state index in [1.807, 2.05) is 19.1 Å². The van der Waals surface area contributed by atoms with E-state index >= 15 is 0 Å². The molecule has 2 rings (SSSR count). The number of urea groups is 1. The number of benzene rings is 1. The number of rotatable bonds is 4. The highest BCUT2D eigenvalue weighted by molar-refractivity contribution is 5.89. The number of nitrogens with two attached hydrogens (primary N) is 2. The van der Waals surface area contributed by atoms with E-state index in [-0.39, 0.29) is 11.9 Å². The number of anilines is 1. The minimum absolute atomic E-state index is 0.112. The van der Waals surface area contributed by atoms with Gasteiger partial charge in [0.1, 0.15) is 0 Å². The molecular formula is C13H18N4O2. The number of carbonyl (C=O) groups is 2. The van der Waals surface area contributed by atoms with Gasteiger partial charge in [0.15, 0.2) is 0 Å². The van der Waals surface area contributed by atoms with Gasteiger partial charge in [0, 0.05) is 5.69 Å². The van der Waals surface area contributed by atoms with E-state index in [1.165, 1.54) is 0 Å². The topological polar surface area (TPSA) is 110 Å². The fourth-order valence-electron chi connectivity index (χ4n) is 1.78. The Bertz CT molecular complexity index is 494. The normalized spacial score (nSPS) is 17.4. The SMILES string of the molecule is CC(NC(=O)C1(N)CC1)c1ccc(NC(N)=O)cc1. The van der Waals surface area contributed by atoms with Gasteiger partial charge in [-0.25, -0.2) is 4.79 Å². The molecule has 0 aromatic heterocycles. The molecule has 1 aliphatic rings. The van der Waals surface area contributed by atoms with Crippen LogP contribution in [0.3, 0.4) is 0 Å². The fourth-order valence-corrected chi connectivity index (χ4v) is 1.78. The van der Waals surface area contributed by atoms with E-state index < -0.39 is 11.6 Å². The lowest BCUT2D eigenvalue weighted by Gasteiger charge is -2.17. The van der Waals surface area contributed by atoms with Gasteiger partial charge < -0.3 is 22.1 Å². The molecule has 1 aromatic rings. The highest BCUT2D eigenvalue weighted by Gasteiger charge is 2.46. The van der Waals surface area contributed by atoms with Crippen LogP contribution < -0.4 is 22.1 Å². The first-order valence-electron chi connectivity index (χ1n) is 6.17. The van der Waals surface area contributed by atoms with E-state index in [0.29, 0.717) is 5.69 Å². The molecule has 6 N–H and O–H groups in total. The molecular weight excluding hydrogens is 244 g/mol. The molecule has 1 unspecified atom stereocenters. The van der Waals surface area contributed by atoms with Crippen molar-refractivity contribution < 1.29 is 9.59 Å². The molecule has 1 aromatic carbocycles. The van der Waals surface area contributed by atoms with Crippen molar-refractivity contribution >= 4 is 17.6 Å². The number of hydrogen-bond acceptors (Lipinski definition) is 3. The smallest absolute Gasteiger partial charge is 0.316 e. The molecule has 0 bridgehead atoms. The number of amides is 3. The lowest BCUT2D eigenvalue weighted by molar-refractivity contribution is -0.123. The van der Waals surface area contributed by atoms with Gasteiger partial charge in [-0.2, -0.15) is 0 Å². The highest BCUT2D eigenvalue weighted by atomic mass is 16.2. The van der Waals surface area contributed by atoms with Crippen molar-refractivity contribution in [2.75, 3.05) is 5.32 Å². The Hall–Kier alpha value is -2.08. The minimum atomic E-state index is -0.665. The third-order valence-corrected chi connectivity index (χ3v) is 3.27. The monoisotopic (exact) mass is 262 g/mol. The summed E-state index contributed by atoms with van der Waals surface area (Å²) in [6, 6.07) is 6.39. The van der Waals surface area contributed by atoms with E-state index in [4.69, 9.17) is 11.5 Å². The molecule has 1 fully saturated rings.